The number of amidine groups is 1. The molecule has 2 aromatic carbocycles. The van der Waals surface area contributed by atoms with Gasteiger partial charge in [-0.2, -0.15) is 4.39 Å². The van der Waals surface area contributed by atoms with Gasteiger partial charge in [0.2, 0.25) is 5.82 Å². The Morgan fingerprint density at radius 3 is 2.53 bits per heavy atom. The predicted molar refractivity (Wildman–Crippen MR) is 118 cm³/mol. The lowest BCUT2D eigenvalue weighted by Gasteiger charge is -2.24. The second-order valence-electron chi connectivity index (χ2n) is 7.72. The van der Waals surface area contributed by atoms with E-state index in [1.54, 1.807) is 38.4 Å². The first-order valence-electron chi connectivity index (χ1n) is 10.0. The van der Waals surface area contributed by atoms with Gasteiger partial charge < -0.3 is 19.5 Å². The van der Waals surface area contributed by atoms with E-state index in [9.17, 15) is 13.6 Å². The van der Waals surface area contributed by atoms with Crippen LogP contribution in [0.15, 0.2) is 47.6 Å². The van der Waals surface area contributed by atoms with Crippen LogP contribution >= 0.6 is 0 Å². The Labute approximate surface area is 184 Å². The Morgan fingerprint density at radius 1 is 1.16 bits per heavy atom. The van der Waals surface area contributed by atoms with Gasteiger partial charge in [0.1, 0.15) is 0 Å². The Hall–Kier alpha value is -3.75. The van der Waals surface area contributed by atoms with E-state index in [2.05, 4.69) is 15.3 Å². The van der Waals surface area contributed by atoms with Crippen molar-refractivity contribution in [1.29, 1.82) is 0 Å². The van der Waals surface area contributed by atoms with Gasteiger partial charge in [0.05, 0.1) is 31.6 Å². The van der Waals surface area contributed by atoms with Gasteiger partial charge >= 0.3 is 0 Å². The lowest BCUT2D eigenvalue weighted by molar-refractivity contribution is 0.0827. The predicted octanol–water partition coefficient (Wildman–Crippen LogP) is 3.97. The molecule has 0 fully saturated rings. The van der Waals surface area contributed by atoms with Crippen molar-refractivity contribution in [2.45, 2.75) is 13.0 Å². The quantitative estimate of drug-likeness (QED) is 0.668. The number of amides is 1. The van der Waals surface area contributed by atoms with Crippen molar-refractivity contribution in [3.63, 3.8) is 0 Å². The average Bonchev–Trinajstić information content (AvgIpc) is 3.23. The van der Waals surface area contributed by atoms with Crippen molar-refractivity contribution in [3.05, 3.63) is 65.6 Å². The van der Waals surface area contributed by atoms with E-state index in [-0.39, 0.29) is 23.3 Å². The van der Waals surface area contributed by atoms with E-state index in [1.807, 2.05) is 11.5 Å². The van der Waals surface area contributed by atoms with Crippen LogP contribution in [0.1, 0.15) is 29.1 Å². The number of hydrogen-bond acceptors (Lipinski definition) is 5. The summed E-state index contributed by atoms with van der Waals surface area (Å²) in [6, 6.07) is 9.79. The third-order valence-corrected chi connectivity index (χ3v) is 5.31. The number of nitrogens with zero attached hydrogens (tertiary/aromatic N) is 4. The molecule has 0 saturated heterocycles. The lowest BCUT2D eigenvalue weighted by atomic mass is 10.1. The maximum Gasteiger partial charge on any atom is 0.253 e. The SMILES string of the molecule is COc1ccc(-c2cnc3n2C(C)CN=C3Nc2ccc(C(=O)N(C)C)cc2)c(F)c1F. The van der Waals surface area contributed by atoms with Gasteiger partial charge in [-0.05, 0) is 43.3 Å². The number of benzene rings is 2. The minimum atomic E-state index is -1.04. The number of imidazole rings is 1. The van der Waals surface area contributed by atoms with Crippen molar-refractivity contribution < 1.29 is 18.3 Å². The fourth-order valence-corrected chi connectivity index (χ4v) is 3.63. The zero-order valence-electron chi connectivity index (χ0n) is 18.2. The minimum Gasteiger partial charge on any atom is -0.494 e. The number of carbonyl (C=O) groups excluding carboxylic acids is 1. The molecule has 0 saturated carbocycles. The summed E-state index contributed by atoms with van der Waals surface area (Å²) in [5.41, 5.74) is 1.85. The molecule has 0 bridgehead atoms. The molecule has 166 valence electrons. The summed E-state index contributed by atoms with van der Waals surface area (Å²) < 4.78 is 35.7. The topological polar surface area (TPSA) is 71.7 Å². The van der Waals surface area contributed by atoms with Gasteiger partial charge in [0.25, 0.3) is 5.91 Å². The van der Waals surface area contributed by atoms with Crippen molar-refractivity contribution in [3.8, 4) is 17.0 Å². The maximum atomic E-state index is 14.7. The number of nitrogens with one attached hydrogen (secondary N) is 1. The second-order valence-corrected chi connectivity index (χ2v) is 7.72. The molecule has 0 spiro atoms. The molecule has 1 unspecified atom stereocenters. The number of ether oxygens (including phenoxy) is 1. The maximum absolute atomic E-state index is 14.7. The molecule has 1 aliphatic rings. The molecule has 0 radical (unpaired) electrons. The van der Waals surface area contributed by atoms with Crippen LogP contribution in [-0.4, -0.2) is 53.9 Å². The zero-order valence-corrected chi connectivity index (χ0v) is 18.2. The summed E-state index contributed by atoms with van der Waals surface area (Å²) in [4.78, 5) is 22.6. The standard InChI is InChI=1S/C23H23F2N5O2/c1-13-11-26-21(28-15-7-5-14(6-8-15)23(31)29(2)3)22-27-12-17(30(13)22)16-9-10-18(32-4)20(25)19(16)24/h5-10,12-13H,11H2,1-4H3,(H,26,28). The number of hydrogen-bond donors (Lipinski definition) is 1. The molecule has 1 N–H and O–H groups in total. The molecule has 1 atom stereocenters. The molecule has 7 nitrogen and oxygen atoms in total. The third kappa shape index (κ3) is 3.70. The molecule has 3 aromatic rings. The van der Waals surface area contributed by atoms with E-state index >= 15 is 0 Å². The summed E-state index contributed by atoms with van der Waals surface area (Å²) >= 11 is 0. The largest absolute Gasteiger partial charge is 0.494 e. The van der Waals surface area contributed by atoms with Crippen molar-refractivity contribution in [1.82, 2.24) is 14.5 Å². The van der Waals surface area contributed by atoms with E-state index in [4.69, 9.17) is 4.74 Å². The highest BCUT2D eigenvalue weighted by Crippen LogP contribution is 2.33. The van der Waals surface area contributed by atoms with Crippen LogP contribution in [0, 0.1) is 11.6 Å². The van der Waals surface area contributed by atoms with Crippen LogP contribution < -0.4 is 10.1 Å². The van der Waals surface area contributed by atoms with Crippen molar-refractivity contribution >= 4 is 17.4 Å². The zero-order chi connectivity index (χ0) is 23.0. The molecule has 4 rings (SSSR count). The van der Waals surface area contributed by atoms with Crippen LogP contribution in [0.2, 0.25) is 0 Å². The van der Waals surface area contributed by atoms with E-state index < -0.39 is 11.6 Å². The van der Waals surface area contributed by atoms with Crippen LogP contribution in [0.3, 0.4) is 0 Å². The van der Waals surface area contributed by atoms with Gasteiger partial charge in [0, 0.05) is 30.9 Å². The first-order chi connectivity index (χ1) is 15.3. The number of methoxy groups -OCH3 is 1. The Kier molecular flexibility index (Phi) is 5.65. The van der Waals surface area contributed by atoms with E-state index in [1.165, 1.54) is 30.3 Å². The highest BCUT2D eigenvalue weighted by molar-refractivity contribution is 6.07. The summed E-state index contributed by atoms with van der Waals surface area (Å²) in [6.45, 7) is 2.38. The first-order valence-corrected chi connectivity index (χ1v) is 10.0. The number of rotatable bonds is 4. The van der Waals surface area contributed by atoms with Gasteiger partial charge in [-0.15, -0.1) is 0 Å². The molecule has 2 heterocycles. The number of aromatic nitrogens is 2. The van der Waals surface area contributed by atoms with Crippen LogP contribution in [0.4, 0.5) is 14.5 Å². The number of carbonyl (C=O) groups is 1. The van der Waals surface area contributed by atoms with Gasteiger partial charge in [-0.1, -0.05) is 0 Å². The second kappa shape index (κ2) is 8.41. The first kappa shape index (κ1) is 21.5. The number of halogens is 2. The Morgan fingerprint density at radius 2 is 1.88 bits per heavy atom. The summed E-state index contributed by atoms with van der Waals surface area (Å²) in [5, 5.41) is 3.22. The lowest BCUT2D eigenvalue weighted by Crippen LogP contribution is -2.28. The smallest absolute Gasteiger partial charge is 0.253 e. The highest BCUT2D eigenvalue weighted by atomic mass is 19.2. The molecule has 0 aliphatic carbocycles. The summed E-state index contributed by atoms with van der Waals surface area (Å²) in [5.74, 6) is -1.24. The monoisotopic (exact) mass is 439 g/mol. The van der Waals surface area contributed by atoms with Crippen molar-refractivity contribution in [2.75, 3.05) is 33.1 Å². The number of aliphatic imine (C=N–C) groups is 1. The van der Waals surface area contributed by atoms with Crippen LogP contribution in [0.25, 0.3) is 11.3 Å². The third-order valence-electron chi connectivity index (χ3n) is 5.31. The van der Waals surface area contributed by atoms with Crippen LogP contribution in [-0.2, 0) is 0 Å². The molecule has 32 heavy (non-hydrogen) atoms. The molecule has 1 aliphatic heterocycles. The van der Waals surface area contributed by atoms with E-state index in [0.717, 1.165) is 5.69 Å². The fraction of sp³-hybridized carbons (Fsp3) is 0.261. The van der Waals surface area contributed by atoms with Gasteiger partial charge in [0.15, 0.2) is 23.2 Å². The van der Waals surface area contributed by atoms with Crippen LogP contribution in [0.5, 0.6) is 5.75 Å². The summed E-state index contributed by atoms with van der Waals surface area (Å²) in [7, 11) is 4.68. The van der Waals surface area contributed by atoms with Crippen molar-refractivity contribution in [2.24, 2.45) is 4.99 Å². The number of fused-ring (bicyclic) bond motifs is 1. The normalized spacial score (nSPS) is 15.1. The molecular formula is C23H23F2N5O2. The number of anilines is 1. The average molecular weight is 439 g/mol. The molecular weight excluding hydrogens is 416 g/mol. The van der Waals surface area contributed by atoms with Gasteiger partial charge in [-0.3, -0.25) is 9.79 Å². The molecule has 9 heteroatoms. The highest BCUT2D eigenvalue weighted by Gasteiger charge is 2.27. The Bertz CT molecular complexity index is 1200. The Balaban J connectivity index is 1.66. The molecule has 1 aromatic heterocycles. The fourth-order valence-electron chi connectivity index (χ4n) is 3.63. The minimum absolute atomic E-state index is 0.0886. The van der Waals surface area contributed by atoms with E-state index in [0.29, 0.717) is 29.5 Å². The summed E-state index contributed by atoms with van der Waals surface area (Å²) in [6.07, 6.45) is 1.51. The molecule has 1 amide bonds. The van der Waals surface area contributed by atoms with Gasteiger partial charge in [-0.25, -0.2) is 9.37 Å².